The van der Waals surface area contributed by atoms with Gasteiger partial charge in [0, 0.05) is 25.2 Å². The molecule has 13 heavy (non-hydrogen) atoms. The Morgan fingerprint density at radius 3 is 3.08 bits per heavy atom. The molecule has 4 heteroatoms. The zero-order valence-electron chi connectivity index (χ0n) is 7.92. The SMILES string of the molecule is C=C(C)C(=O)NCCN1C=NCC1. The van der Waals surface area contributed by atoms with E-state index in [1.54, 1.807) is 6.92 Å². The Kier molecular flexibility index (Phi) is 3.49. The highest BCUT2D eigenvalue weighted by atomic mass is 16.1. The molecule has 0 fully saturated rings. The molecule has 0 bridgehead atoms. The van der Waals surface area contributed by atoms with Crippen molar-refractivity contribution in [3.8, 4) is 0 Å². The van der Waals surface area contributed by atoms with E-state index in [1.807, 2.05) is 6.34 Å². The number of rotatable bonds is 4. The van der Waals surface area contributed by atoms with Crippen LogP contribution in [0.1, 0.15) is 6.92 Å². The first-order valence-electron chi connectivity index (χ1n) is 4.38. The molecule has 0 saturated carbocycles. The molecule has 1 N–H and O–H groups in total. The molecule has 0 aliphatic carbocycles. The van der Waals surface area contributed by atoms with E-state index in [-0.39, 0.29) is 5.91 Å². The van der Waals surface area contributed by atoms with Crippen molar-refractivity contribution in [1.82, 2.24) is 10.2 Å². The summed E-state index contributed by atoms with van der Waals surface area (Å²) in [6, 6.07) is 0. The van der Waals surface area contributed by atoms with Crippen LogP contribution in [0.5, 0.6) is 0 Å². The van der Waals surface area contributed by atoms with Gasteiger partial charge in [-0.15, -0.1) is 0 Å². The van der Waals surface area contributed by atoms with Crippen LogP contribution in [0.3, 0.4) is 0 Å². The highest BCUT2D eigenvalue weighted by Crippen LogP contribution is 1.91. The number of carbonyl (C=O) groups is 1. The van der Waals surface area contributed by atoms with Crippen LogP contribution >= 0.6 is 0 Å². The first-order valence-corrected chi connectivity index (χ1v) is 4.38. The zero-order chi connectivity index (χ0) is 9.68. The van der Waals surface area contributed by atoms with Crippen molar-refractivity contribution < 1.29 is 4.79 Å². The van der Waals surface area contributed by atoms with Crippen LogP contribution in [0.2, 0.25) is 0 Å². The van der Waals surface area contributed by atoms with E-state index in [0.29, 0.717) is 12.1 Å². The monoisotopic (exact) mass is 181 g/mol. The van der Waals surface area contributed by atoms with Gasteiger partial charge in [0.15, 0.2) is 0 Å². The second-order valence-electron chi connectivity index (χ2n) is 3.09. The van der Waals surface area contributed by atoms with E-state index in [1.165, 1.54) is 0 Å². The molecule has 0 aromatic heterocycles. The topological polar surface area (TPSA) is 44.7 Å². The molecule has 1 rings (SSSR count). The largest absolute Gasteiger partial charge is 0.359 e. The molecule has 0 saturated heterocycles. The van der Waals surface area contributed by atoms with Gasteiger partial charge >= 0.3 is 0 Å². The van der Waals surface area contributed by atoms with Crippen molar-refractivity contribution in [3.63, 3.8) is 0 Å². The molecule has 1 amide bonds. The van der Waals surface area contributed by atoms with Gasteiger partial charge in [-0.3, -0.25) is 9.79 Å². The summed E-state index contributed by atoms with van der Waals surface area (Å²) in [7, 11) is 0. The van der Waals surface area contributed by atoms with Crippen LogP contribution in [-0.2, 0) is 4.79 Å². The number of nitrogens with one attached hydrogen (secondary N) is 1. The van der Waals surface area contributed by atoms with Crippen molar-refractivity contribution in [2.75, 3.05) is 26.2 Å². The maximum atomic E-state index is 11.1. The standard InChI is InChI=1S/C9H15N3O/c1-8(2)9(13)11-4-6-12-5-3-10-7-12/h7H,1,3-6H2,2H3,(H,11,13). The third kappa shape index (κ3) is 3.27. The molecule has 0 atom stereocenters. The van der Waals surface area contributed by atoms with Crippen LogP contribution in [0, 0.1) is 0 Å². The number of hydrogen-bond donors (Lipinski definition) is 1. The van der Waals surface area contributed by atoms with Gasteiger partial charge in [-0.05, 0) is 6.92 Å². The molecule has 0 spiro atoms. The molecule has 1 heterocycles. The van der Waals surface area contributed by atoms with Gasteiger partial charge in [0.2, 0.25) is 5.91 Å². The Morgan fingerprint density at radius 1 is 1.77 bits per heavy atom. The highest BCUT2D eigenvalue weighted by Gasteiger charge is 2.05. The number of aliphatic imine (C=N–C) groups is 1. The second kappa shape index (κ2) is 4.64. The van der Waals surface area contributed by atoms with Crippen molar-refractivity contribution in [1.29, 1.82) is 0 Å². The molecular weight excluding hydrogens is 166 g/mol. The zero-order valence-corrected chi connectivity index (χ0v) is 7.92. The van der Waals surface area contributed by atoms with E-state index < -0.39 is 0 Å². The first kappa shape index (κ1) is 9.77. The van der Waals surface area contributed by atoms with Gasteiger partial charge in [-0.1, -0.05) is 6.58 Å². The predicted molar refractivity (Wildman–Crippen MR) is 52.8 cm³/mol. The van der Waals surface area contributed by atoms with Crippen molar-refractivity contribution in [3.05, 3.63) is 12.2 Å². The molecular formula is C9H15N3O. The average Bonchev–Trinajstić information content (AvgIpc) is 2.56. The van der Waals surface area contributed by atoms with Gasteiger partial charge in [-0.2, -0.15) is 0 Å². The number of nitrogens with zero attached hydrogens (tertiary/aromatic N) is 2. The minimum absolute atomic E-state index is 0.0730. The van der Waals surface area contributed by atoms with Crippen molar-refractivity contribution in [2.24, 2.45) is 4.99 Å². The normalized spacial score (nSPS) is 14.7. The van der Waals surface area contributed by atoms with Gasteiger partial charge in [0.25, 0.3) is 0 Å². The summed E-state index contributed by atoms with van der Waals surface area (Å²) in [6.07, 6.45) is 1.83. The predicted octanol–water partition coefficient (Wildman–Crippen LogP) is 0.0226. The maximum Gasteiger partial charge on any atom is 0.246 e. The first-order chi connectivity index (χ1) is 6.20. The summed E-state index contributed by atoms with van der Waals surface area (Å²) >= 11 is 0. The summed E-state index contributed by atoms with van der Waals surface area (Å²) in [5.41, 5.74) is 0.551. The quantitative estimate of drug-likeness (QED) is 0.621. The van der Waals surface area contributed by atoms with E-state index in [2.05, 4.69) is 21.8 Å². The molecule has 0 aromatic rings. The molecule has 0 radical (unpaired) electrons. The summed E-state index contributed by atoms with van der Waals surface area (Å²) in [5, 5.41) is 2.77. The Labute approximate surface area is 78.3 Å². The fourth-order valence-electron chi connectivity index (χ4n) is 1.05. The Hall–Kier alpha value is -1.32. The average molecular weight is 181 g/mol. The van der Waals surface area contributed by atoms with E-state index >= 15 is 0 Å². The molecule has 72 valence electrons. The minimum Gasteiger partial charge on any atom is -0.359 e. The minimum atomic E-state index is -0.0730. The number of carbonyl (C=O) groups excluding carboxylic acids is 1. The Bertz CT molecular complexity index is 235. The number of hydrogen-bond acceptors (Lipinski definition) is 3. The van der Waals surface area contributed by atoms with Crippen LogP contribution < -0.4 is 5.32 Å². The Morgan fingerprint density at radius 2 is 2.54 bits per heavy atom. The summed E-state index contributed by atoms with van der Waals surface area (Å²) in [4.78, 5) is 17.2. The van der Waals surface area contributed by atoms with Crippen LogP contribution in [-0.4, -0.2) is 43.3 Å². The molecule has 0 aromatic carbocycles. The third-order valence-electron chi connectivity index (χ3n) is 1.83. The summed E-state index contributed by atoms with van der Waals surface area (Å²) in [6.45, 7) is 8.56. The maximum absolute atomic E-state index is 11.1. The molecule has 1 aliphatic heterocycles. The number of amides is 1. The fourth-order valence-corrected chi connectivity index (χ4v) is 1.05. The third-order valence-corrected chi connectivity index (χ3v) is 1.83. The van der Waals surface area contributed by atoms with Gasteiger partial charge < -0.3 is 10.2 Å². The van der Waals surface area contributed by atoms with Crippen molar-refractivity contribution in [2.45, 2.75) is 6.92 Å². The summed E-state index contributed by atoms with van der Waals surface area (Å²) < 4.78 is 0. The van der Waals surface area contributed by atoms with Crippen LogP contribution in [0.4, 0.5) is 0 Å². The Balaban J connectivity index is 2.10. The molecule has 1 aliphatic rings. The van der Waals surface area contributed by atoms with Gasteiger partial charge in [-0.25, -0.2) is 0 Å². The molecule has 0 unspecified atom stereocenters. The van der Waals surface area contributed by atoms with Gasteiger partial charge in [0.05, 0.1) is 12.9 Å². The lowest BCUT2D eigenvalue weighted by molar-refractivity contribution is -0.117. The van der Waals surface area contributed by atoms with Crippen molar-refractivity contribution >= 4 is 12.2 Å². The fraction of sp³-hybridized carbons (Fsp3) is 0.556. The summed E-state index contributed by atoms with van der Waals surface area (Å²) in [5.74, 6) is -0.0730. The van der Waals surface area contributed by atoms with E-state index in [9.17, 15) is 4.79 Å². The molecule has 4 nitrogen and oxygen atoms in total. The highest BCUT2D eigenvalue weighted by molar-refractivity contribution is 5.92. The van der Waals surface area contributed by atoms with E-state index in [0.717, 1.165) is 19.6 Å². The smallest absolute Gasteiger partial charge is 0.246 e. The lowest BCUT2D eigenvalue weighted by Crippen LogP contribution is -2.33. The lowest BCUT2D eigenvalue weighted by Gasteiger charge is -2.13. The second-order valence-corrected chi connectivity index (χ2v) is 3.09. The van der Waals surface area contributed by atoms with Crippen LogP contribution in [0.15, 0.2) is 17.1 Å². The van der Waals surface area contributed by atoms with Crippen LogP contribution in [0.25, 0.3) is 0 Å². The van der Waals surface area contributed by atoms with Gasteiger partial charge in [0.1, 0.15) is 0 Å². The lowest BCUT2D eigenvalue weighted by atomic mass is 10.3. The van der Waals surface area contributed by atoms with E-state index in [4.69, 9.17) is 0 Å².